The molecule has 9 heteroatoms. The van der Waals surface area contributed by atoms with Crippen LogP contribution in [0, 0.1) is 6.92 Å². The summed E-state index contributed by atoms with van der Waals surface area (Å²) in [6, 6.07) is 5.19. The Morgan fingerprint density at radius 2 is 2.10 bits per heavy atom. The van der Waals surface area contributed by atoms with Crippen LogP contribution in [-0.4, -0.2) is 19.5 Å². The summed E-state index contributed by atoms with van der Waals surface area (Å²) in [4.78, 5) is 11.7. The van der Waals surface area contributed by atoms with Crippen molar-refractivity contribution in [3.05, 3.63) is 40.7 Å². The van der Waals surface area contributed by atoms with Crippen molar-refractivity contribution >= 4 is 33.2 Å². The Morgan fingerprint density at radius 1 is 1.40 bits per heavy atom. The van der Waals surface area contributed by atoms with Crippen LogP contribution >= 0.6 is 11.6 Å². The van der Waals surface area contributed by atoms with Gasteiger partial charge in [-0.3, -0.25) is 4.79 Å². The molecule has 0 aliphatic heterocycles. The van der Waals surface area contributed by atoms with Gasteiger partial charge in [0.25, 0.3) is 5.91 Å². The number of nitrogens with zero attached hydrogens (tertiary/aromatic N) is 1. The number of nitrogens with one attached hydrogen (secondary N) is 1. The lowest BCUT2D eigenvalue weighted by atomic mass is 10.3. The van der Waals surface area contributed by atoms with E-state index in [2.05, 4.69) is 10.5 Å². The maximum Gasteiger partial charge on any atom is 0.277 e. The molecule has 20 heavy (non-hydrogen) atoms. The number of carbonyl (C=O) groups is 1. The monoisotopic (exact) mass is 315 g/mol. The quantitative estimate of drug-likeness (QED) is 0.891. The molecule has 1 aromatic heterocycles. The summed E-state index contributed by atoms with van der Waals surface area (Å²) in [7, 11) is -3.84. The van der Waals surface area contributed by atoms with Gasteiger partial charge in [0, 0.05) is 6.07 Å². The predicted molar refractivity (Wildman–Crippen MR) is 72.0 cm³/mol. The number of sulfonamides is 1. The summed E-state index contributed by atoms with van der Waals surface area (Å²) in [5.41, 5.74) is 0.332. The van der Waals surface area contributed by atoms with E-state index >= 15 is 0 Å². The third kappa shape index (κ3) is 3.16. The van der Waals surface area contributed by atoms with Gasteiger partial charge in [-0.15, -0.1) is 0 Å². The smallest absolute Gasteiger partial charge is 0.277 e. The molecule has 3 N–H and O–H groups in total. The molecule has 0 unspecified atom stereocenters. The highest BCUT2D eigenvalue weighted by molar-refractivity contribution is 7.89. The lowest BCUT2D eigenvalue weighted by molar-refractivity contribution is 0.101. The number of benzene rings is 1. The summed E-state index contributed by atoms with van der Waals surface area (Å²) in [5, 5.41) is 11.1. The number of rotatable bonds is 3. The molecule has 0 atom stereocenters. The van der Waals surface area contributed by atoms with Crippen molar-refractivity contribution in [3.63, 3.8) is 0 Å². The zero-order valence-electron chi connectivity index (χ0n) is 10.3. The van der Waals surface area contributed by atoms with E-state index in [1.54, 1.807) is 6.92 Å². The summed E-state index contributed by atoms with van der Waals surface area (Å²) in [6.07, 6.45) is 0. The fourth-order valence-electron chi connectivity index (χ4n) is 1.43. The fourth-order valence-corrected chi connectivity index (χ4v) is 2.27. The third-order valence-corrected chi connectivity index (χ3v) is 3.60. The molecule has 0 fully saturated rings. The standard InChI is InChI=1S/C11H10ClN3O4S/c1-6-4-10(15-19-6)11(16)14-9-3-2-7(5-8(9)12)20(13,17)18/h2-5H,1H3,(H,14,16)(H2,13,17,18). The van der Waals surface area contributed by atoms with Crippen LogP contribution in [0.25, 0.3) is 0 Å². The van der Waals surface area contributed by atoms with Gasteiger partial charge < -0.3 is 9.84 Å². The topological polar surface area (TPSA) is 115 Å². The van der Waals surface area contributed by atoms with Gasteiger partial charge in [-0.2, -0.15) is 0 Å². The van der Waals surface area contributed by atoms with E-state index in [9.17, 15) is 13.2 Å². The average molecular weight is 316 g/mol. The first-order valence-electron chi connectivity index (χ1n) is 5.34. The fraction of sp³-hybridized carbons (Fsp3) is 0.0909. The minimum atomic E-state index is -3.84. The number of primary sulfonamides is 1. The van der Waals surface area contributed by atoms with Crippen LogP contribution in [0.5, 0.6) is 0 Å². The van der Waals surface area contributed by atoms with Crippen LogP contribution in [0.4, 0.5) is 5.69 Å². The second-order valence-electron chi connectivity index (χ2n) is 3.96. The van der Waals surface area contributed by atoms with Crippen LogP contribution in [0.2, 0.25) is 5.02 Å². The number of aromatic nitrogens is 1. The van der Waals surface area contributed by atoms with Gasteiger partial charge in [-0.05, 0) is 25.1 Å². The Hall–Kier alpha value is -1.90. The molecule has 0 radical (unpaired) electrons. The van der Waals surface area contributed by atoms with E-state index in [1.807, 2.05) is 0 Å². The SMILES string of the molecule is Cc1cc(C(=O)Nc2ccc(S(N)(=O)=O)cc2Cl)no1. The Morgan fingerprint density at radius 3 is 2.60 bits per heavy atom. The van der Waals surface area contributed by atoms with Crippen molar-refractivity contribution in [1.82, 2.24) is 5.16 Å². The molecule has 0 aliphatic rings. The van der Waals surface area contributed by atoms with Crippen LogP contribution in [-0.2, 0) is 10.0 Å². The van der Waals surface area contributed by atoms with Crippen molar-refractivity contribution in [2.75, 3.05) is 5.32 Å². The van der Waals surface area contributed by atoms with Crippen molar-refractivity contribution in [2.24, 2.45) is 5.14 Å². The highest BCUT2D eigenvalue weighted by Gasteiger charge is 2.15. The number of aryl methyl sites for hydroxylation is 1. The number of carbonyl (C=O) groups excluding carboxylic acids is 1. The Bertz CT molecular complexity index is 770. The molecule has 0 bridgehead atoms. The second-order valence-corrected chi connectivity index (χ2v) is 5.93. The summed E-state index contributed by atoms with van der Waals surface area (Å²) in [6.45, 7) is 1.65. The zero-order valence-corrected chi connectivity index (χ0v) is 11.8. The third-order valence-electron chi connectivity index (χ3n) is 2.38. The molecule has 0 aliphatic carbocycles. The summed E-state index contributed by atoms with van der Waals surface area (Å²) >= 11 is 5.89. The van der Waals surface area contributed by atoms with Gasteiger partial charge >= 0.3 is 0 Å². The van der Waals surface area contributed by atoms with Crippen LogP contribution in [0.3, 0.4) is 0 Å². The average Bonchev–Trinajstić information content (AvgIpc) is 2.77. The molecule has 1 heterocycles. The molecule has 2 aromatic rings. The van der Waals surface area contributed by atoms with E-state index in [0.717, 1.165) is 6.07 Å². The highest BCUT2D eigenvalue weighted by atomic mass is 35.5. The first kappa shape index (κ1) is 14.5. The molecule has 1 amide bonds. The first-order chi connectivity index (χ1) is 9.27. The van der Waals surface area contributed by atoms with Crippen LogP contribution in [0.15, 0.2) is 33.7 Å². The van der Waals surface area contributed by atoms with E-state index < -0.39 is 15.9 Å². The molecule has 0 spiro atoms. The summed E-state index contributed by atoms with van der Waals surface area (Å²) in [5.74, 6) is -0.0297. The van der Waals surface area contributed by atoms with Gasteiger partial charge in [0.05, 0.1) is 15.6 Å². The summed E-state index contributed by atoms with van der Waals surface area (Å²) < 4.78 is 27.1. The number of nitrogens with two attached hydrogens (primary N) is 1. The lowest BCUT2D eigenvalue weighted by Crippen LogP contribution is -2.14. The predicted octanol–water partition coefficient (Wildman–Crippen LogP) is 1.54. The van der Waals surface area contributed by atoms with E-state index in [4.69, 9.17) is 21.3 Å². The number of amides is 1. The van der Waals surface area contributed by atoms with E-state index in [-0.39, 0.29) is 21.3 Å². The van der Waals surface area contributed by atoms with Gasteiger partial charge in [0.1, 0.15) is 5.76 Å². The maximum atomic E-state index is 11.8. The molecular weight excluding hydrogens is 306 g/mol. The van der Waals surface area contributed by atoms with Crippen molar-refractivity contribution in [1.29, 1.82) is 0 Å². The molecule has 2 rings (SSSR count). The second kappa shape index (κ2) is 5.23. The van der Waals surface area contributed by atoms with Crippen molar-refractivity contribution in [2.45, 2.75) is 11.8 Å². The van der Waals surface area contributed by atoms with E-state index in [1.165, 1.54) is 18.2 Å². The number of anilines is 1. The molecule has 0 saturated carbocycles. The molecule has 7 nitrogen and oxygen atoms in total. The van der Waals surface area contributed by atoms with Crippen molar-refractivity contribution in [3.8, 4) is 0 Å². The highest BCUT2D eigenvalue weighted by Crippen LogP contribution is 2.25. The maximum absolute atomic E-state index is 11.8. The molecular formula is C11H10ClN3O4S. The number of halogens is 1. The van der Waals surface area contributed by atoms with Gasteiger partial charge in [0.15, 0.2) is 5.69 Å². The van der Waals surface area contributed by atoms with Gasteiger partial charge in [-0.25, -0.2) is 13.6 Å². The van der Waals surface area contributed by atoms with Crippen molar-refractivity contribution < 1.29 is 17.7 Å². The van der Waals surface area contributed by atoms with Gasteiger partial charge in [-0.1, -0.05) is 16.8 Å². The molecule has 0 saturated heterocycles. The zero-order chi connectivity index (χ0) is 14.9. The Labute approximate surface area is 119 Å². The largest absolute Gasteiger partial charge is 0.361 e. The number of hydrogen-bond acceptors (Lipinski definition) is 5. The Balaban J connectivity index is 2.25. The minimum Gasteiger partial charge on any atom is -0.361 e. The molecule has 106 valence electrons. The molecule has 1 aromatic carbocycles. The first-order valence-corrected chi connectivity index (χ1v) is 7.27. The Kier molecular flexibility index (Phi) is 3.80. The van der Waals surface area contributed by atoms with Crippen LogP contribution in [0.1, 0.15) is 16.2 Å². The van der Waals surface area contributed by atoms with E-state index in [0.29, 0.717) is 5.76 Å². The number of hydrogen-bond donors (Lipinski definition) is 2. The normalized spacial score (nSPS) is 11.3. The lowest BCUT2D eigenvalue weighted by Gasteiger charge is -2.06. The van der Waals surface area contributed by atoms with Gasteiger partial charge in [0.2, 0.25) is 10.0 Å². The minimum absolute atomic E-state index is 0.0464. The van der Waals surface area contributed by atoms with Crippen LogP contribution < -0.4 is 10.5 Å².